The first-order valence-electron chi connectivity index (χ1n) is 7.09. The third kappa shape index (κ3) is 5.41. The molecule has 0 spiro atoms. The Morgan fingerprint density at radius 3 is 3.05 bits per heavy atom. The van der Waals surface area contributed by atoms with Crippen LogP contribution in [0.3, 0.4) is 0 Å². The molecule has 21 heavy (non-hydrogen) atoms. The lowest BCUT2D eigenvalue weighted by atomic mass is 10.2. The summed E-state index contributed by atoms with van der Waals surface area (Å²) in [5, 5.41) is 3.97. The number of carbonyl (C=O) groups excluding carboxylic acids is 1. The first-order valence-corrected chi connectivity index (χ1v) is 8.62. The molecule has 1 atom stereocenters. The molecule has 2 rings (SSSR count). The number of hydrogen-bond acceptors (Lipinski definition) is 4. The van der Waals surface area contributed by atoms with E-state index in [-0.39, 0.29) is 5.91 Å². The molecule has 1 aromatic rings. The number of rotatable bonds is 6. The highest BCUT2D eigenvalue weighted by molar-refractivity contribution is 7.99. The summed E-state index contributed by atoms with van der Waals surface area (Å²) in [6, 6.07) is 7.65. The van der Waals surface area contributed by atoms with E-state index in [1.54, 1.807) is 11.0 Å². The van der Waals surface area contributed by atoms with Crippen LogP contribution in [0.15, 0.2) is 24.3 Å². The number of amides is 1. The molecule has 0 bridgehead atoms. The van der Waals surface area contributed by atoms with E-state index in [4.69, 9.17) is 16.3 Å². The number of likely N-dealkylation sites (N-methyl/N-ethyl adjacent to an activating group) is 1. The van der Waals surface area contributed by atoms with Crippen LogP contribution in [0.2, 0.25) is 5.02 Å². The Hall–Kier alpha value is -0.910. The lowest BCUT2D eigenvalue weighted by molar-refractivity contribution is -0.130. The number of hydrogen-bond donors (Lipinski definition) is 1. The Kier molecular flexibility index (Phi) is 6.67. The van der Waals surface area contributed by atoms with Crippen LogP contribution in [-0.4, -0.2) is 55.1 Å². The molecular formula is C15H21ClN2O2S. The molecular weight excluding hydrogens is 308 g/mol. The van der Waals surface area contributed by atoms with Gasteiger partial charge in [0.2, 0.25) is 5.91 Å². The number of carbonyl (C=O) groups is 1. The van der Waals surface area contributed by atoms with E-state index >= 15 is 0 Å². The summed E-state index contributed by atoms with van der Waals surface area (Å²) in [6.07, 6.45) is 0.551. The molecule has 1 aromatic carbocycles. The summed E-state index contributed by atoms with van der Waals surface area (Å²) in [6.45, 7) is 1.99. The van der Waals surface area contributed by atoms with Gasteiger partial charge in [-0.2, -0.15) is 11.8 Å². The number of thioether (sulfide) groups is 1. The van der Waals surface area contributed by atoms with Crippen LogP contribution < -0.4 is 10.1 Å². The minimum absolute atomic E-state index is 0.151. The van der Waals surface area contributed by atoms with Crippen molar-refractivity contribution >= 4 is 29.3 Å². The largest absolute Gasteiger partial charge is 0.490 e. The Bertz CT molecular complexity index is 467. The second-order valence-electron chi connectivity index (χ2n) is 5.02. The minimum Gasteiger partial charge on any atom is -0.490 e. The smallest absolute Gasteiger partial charge is 0.224 e. The summed E-state index contributed by atoms with van der Waals surface area (Å²) in [7, 11) is 1.81. The molecule has 1 aliphatic heterocycles. The van der Waals surface area contributed by atoms with E-state index in [2.05, 4.69) is 5.32 Å². The van der Waals surface area contributed by atoms with Gasteiger partial charge in [-0.1, -0.05) is 23.7 Å². The number of ether oxygens (including phenoxy) is 1. The Morgan fingerprint density at radius 2 is 2.33 bits per heavy atom. The molecule has 0 aliphatic carbocycles. The fraction of sp³-hybridized carbons (Fsp3) is 0.533. The van der Waals surface area contributed by atoms with Crippen LogP contribution in [-0.2, 0) is 4.79 Å². The predicted octanol–water partition coefficient (Wildman–Crippen LogP) is 2.27. The summed E-state index contributed by atoms with van der Waals surface area (Å²) in [4.78, 5) is 13.8. The molecule has 0 radical (unpaired) electrons. The number of halogens is 1. The van der Waals surface area contributed by atoms with Gasteiger partial charge in [0.05, 0.1) is 11.6 Å². The molecule has 1 N–H and O–H groups in total. The van der Waals surface area contributed by atoms with Crippen molar-refractivity contribution in [3.63, 3.8) is 0 Å². The molecule has 6 heteroatoms. The van der Waals surface area contributed by atoms with Gasteiger partial charge >= 0.3 is 0 Å². The van der Waals surface area contributed by atoms with E-state index in [0.29, 0.717) is 36.4 Å². The first-order chi connectivity index (χ1) is 10.2. The van der Waals surface area contributed by atoms with E-state index in [0.717, 1.165) is 18.1 Å². The Balaban J connectivity index is 1.70. The molecule has 1 heterocycles. The molecule has 1 fully saturated rings. The predicted molar refractivity (Wildman–Crippen MR) is 88.3 cm³/mol. The van der Waals surface area contributed by atoms with Crippen molar-refractivity contribution < 1.29 is 9.53 Å². The normalized spacial score (nSPS) is 18.3. The molecule has 0 saturated carbocycles. The molecule has 1 aliphatic rings. The van der Waals surface area contributed by atoms with E-state index in [1.165, 1.54) is 0 Å². The van der Waals surface area contributed by atoms with E-state index in [9.17, 15) is 4.79 Å². The van der Waals surface area contributed by atoms with Gasteiger partial charge in [-0.3, -0.25) is 4.79 Å². The van der Waals surface area contributed by atoms with Gasteiger partial charge in [-0.05, 0) is 12.1 Å². The highest BCUT2D eigenvalue weighted by Crippen LogP contribution is 2.22. The van der Waals surface area contributed by atoms with Crippen molar-refractivity contribution in [2.24, 2.45) is 0 Å². The van der Waals surface area contributed by atoms with Crippen LogP contribution in [0.1, 0.15) is 6.42 Å². The second-order valence-corrected chi connectivity index (χ2v) is 6.58. The van der Waals surface area contributed by atoms with Gasteiger partial charge in [0.15, 0.2) is 0 Å². The average molecular weight is 329 g/mol. The van der Waals surface area contributed by atoms with E-state index in [1.807, 2.05) is 37.0 Å². The maximum atomic E-state index is 12.1. The zero-order valence-electron chi connectivity index (χ0n) is 12.2. The molecule has 4 nitrogen and oxygen atoms in total. The van der Waals surface area contributed by atoms with Crippen molar-refractivity contribution in [3.05, 3.63) is 29.3 Å². The number of nitrogens with zero attached hydrogens (tertiary/aromatic N) is 1. The monoisotopic (exact) mass is 328 g/mol. The number of para-hydroxylation sites is 1. The minimum atomic E-state index is 0.151. The van der Waals surface area contributed by atoms with Gasteiger partial charge in [-0.15, -0.1) is 0 Å². The molecule has 1 amide bonds. The van der Waals surface area contributed by atoms with Gasteiger partial charge in [0, 0.05) is 37.6 Å². The van der Waals surface area contributed by atoms with Gasteiger partial charge in [-0.25, -0.2) is 0 Å². The second kappa shape index (κ2) is 8.51. The highest BCUT2D eigenvalue weighted by atomic mass is 35.5. The summed E-state index contributed by atoms with van der Waals surface area (Å²) < 4.78 is 5.60. The van der Waals surface area contributed by atoms with Gasteiger partial charge in [0.1, 0.15) is 12.4 Å². The molecule has 0 aromatic heterocycles. The van der Waals surface area contributed by atoms with Crippen LogP contribution >= 0.6 is 23.4 Å². The highest BCUT2D eigenvalue weighted by Gasteiger charge is 2.18. The van der Waals surface area contributed by atoms with Crippen molar-refractivity contribution in [3.8, 4) is 5.75 Å². The molecule has 1 saturated heterocycles. The zero-order chi connectivity index (χ0) is 15.1. The maximum absolute atomic E-state index is 12.1. The fourth-order valence-corrected chi connectivity index (χ4v) is 3.24. The van der Waals surface area contributed by atoms with Crippen molar-refractivity contribution in [2.45, 2.75) is 12.5 Å². The standard InChI is InChI=1S/C15H21ClN2O2S/c1-18(15(19)10-12-11-21-9-6-17-12)7-8-20-14-5-3-2-4-13(14)16/h2-5,12,17H,6-11H2,1H3. The quantitative estimate of drug-likeness (QED) is 0.870. The third-order valence-electron chi connectivity index (χ3n) is 3.37. The summed E-state index contributed by atoms with van der Waals surface area (Å²) in [5.74, 6) is 2.95. The Labute approximate surface area is 135 Å². The average Bonchev–Trinajstić information content (AvgIpc) is 2.50. The maximum Gasteiger partial charge on any atom is 0.224 e. The topological polar surface area (TPSA) is 41.6 Å². The molecule has 116 valence electrons. The summed E-state index contributed by atoms with van der Waals surface area (Å²) in [5.41, 5.74) is 0. The van der Waals surface area contributed by atoms with Crippen LogP contribution in [0.5, 0.6) is 5.75 Å². The van der Waals surface area contributed by atoms with E-state index < -0.39 is 0 Å². The van der Waals surface area contributed by atoms with Crippen LogP contribution in [0.25, 0.3) is 0 Å². The third-order valence-corrected chi connectivity index (χ3v) is 4.81. The van der Waals surface area contributed by atoms with Crippen LogP contribution in [0, 0.1) is 0 Å². The lowest BCUT2D eigenvalue weighted by Crippen LogP contribution is -2.42. The van der Waals surface area contributed by atoms with Gasteiger partial charge < -0.3 is 15.0 Å². The van der Waals surface area contributed by atoms with Gasteiger partial charge in [0.25, 0.3) is 0 Å². The summed E-state index contributed by atoms with van der Waals surface area (Å²) >= 11 is 7.92. The first kappa shape index (κ1) is 16.5. The lowest BCUT2D eigenvalue weighted by Gasteiger charge is -2.25. The number of benzene rings is 1. The van der Waals surface area contributed by atoms with Crippen molar-refractivity contribution in [1.82, 2.24) is 10.2 Å². The van der Waals surface area contributed by atoms with Crippen LogP contribution in [0.4, 0.5) is 0 Å². The fourth-order valence-electron chi connectivity index (χ4n) is 2.10. The van der Waals surface area contributed by atoms with Crippen molar-refractivity contribution in [1.29, 1.82) is 0 Å². The molecule has 1 unspecified atom stereocenters. The van der Waals surface area contributed by atoms with Crippen molar-refractivity contribution in [2.75, 3.05) is 38.2 Å². The number of nitrogens with one attached hydrogen (secondary N) is 1. The SMILES string of the molecule is CN(CCOc1ccccc1Cl)C(=O)CC1CSCCN1. The zero-order valence-corrected chi connectivity index (χ0v) is 13.8. The Morgan fingerprint density at radius 1 is 1.52 bits per heavy atom.